The third-order valence-corrected chi connectivity index (χ3v) is 4.69. The lowest BCUT2D eigenvalue weighted by molar-refractivity contribution is -0.342. The first-order chi connectivity index (χ1) is 14.2. The fourth-order valence-electron chi connectivity index (χ4n) is 2.97. The third kappa shape index (κ3) is 5.70. The molecule has 0 saturated carbocycles. The summed E-state index contributed by atoms with van der Waals surface area (Å²) in [6, 6.07) is 21.0. The highest BCUT2D eigenvalue weighted by atomic mass is 19.4. The Bertz CT molecular complexity index is 976. The summed E-state index contributed by atoms with van der Waals surface area (Å²) in [4.78, 5) is 12.4. The Morgan fingerprint density at radius 1 is 0.867 bits per heavy atom. The van der Waals surface area contributed by atoms with Crippen molar-refractivity contribution in [2.45, 2.75) is 32.7 Å². The molecule has 0 aliphatic carbocycles. The van der Waals surface area contributed by atoms with Crippen LogP contribution in [-0.2, 0) is 11.2 Å². The van der Waals surface area contributed by atoms with Crippen LogP contribution in [0.25, 0.3) is 11.1 Å². The first kappa shape index (κ1) is 21.6. The zero-order chi connectivity index (χ0) is 21.7. The molecule has 30 heavy (non-hydrogen) atoms. The van der Waals surface area contributed by atoms with E-state index in [0.717, 1.165) is 17.5 Å². The summed E-state index contributed by atoms with van der Waals surface area (Å²) in [5.41, 5.74) is 3.99. The predicted octanol–water partition coefficient (Wildman–Crippen LogP) is 6.73. The van der Waals surface area contributed by atoms with Gasteiger partial charge in [-0.3, -0.25) is 4.74 Å². The average molecular weight is 414 g/mol. The van der Waals surface area contributed by atoms with Gasteiger partial charge in [0.15, 0.2) is 0 Å². The van der Waals surface area contributed by atoms with E-state index in [2.05, 4.69) is 23.8 Å². The molecular formula is C24H21F3O3. The minimum atomic E-state index is -4.71. The molecule has 0 N–H and O–H groups in total. The highest BCUT2D eigenvalue weighted by molar-refractivity contribution is 5.91. The number of ether oxygens (including phenoxy) is 2. The van der Waals surface area contributed by atoms with Crippen molar-refractivity contribution in [1.82, 2.24) is 0 Å². The maximum absolute atomic E-state index is 12.4. The van der Waals surface area contributed by atoms with Crippen LogP contribution in [-0.4, -0.2) is 12.3 Å². The van der Waals surface area contributed by atoms with E-state index >= 15 is 0 Å². The maximum atomic E-state index is 12.4. The number of benzene rings is 3. The van der Waals surface area contributed by atoms with Crippen molar-refractivity contribution in [1.29, 1.82) is 0 Å². The molecule has 3 aromatic carbocycles. The molecule has 0 aliphatic rings. The zero-order valence-corrected chi connectivity index (χ0v) is 16.6. The standard InChI is InChI=1S/C24H21F3O3/c1-3-17-4-6-19(7-5-17)20-8-10-21(11-9-20)23(28)29-22-14-12-18(13-15-22)16(2)30-24(25,26)27/h4-16H,3H2,1-2H3. The van der Waals surface area contributed by atoms with E-state index in [1.807, 2.05) is 24.3 Å². The highest BCUT2D eigenvalue weighted by Crippen LogP contribution is 2.28. The Labute approximate surface area is 173 Å². The number of esters is 1. The summed E-state index contributed by atoms with van der Waals surface area (Å²) < 4.78 is 46.2. The Kier molecular flexibility index (Phi) is 6.57. The van der Waals surface area contributed by atoms with Crippen molar-refractivity contribution in [3.8, 4) is 16.9 Å². The van der Waals surface area contributed by atoms with Gasteiger partial charge in [0, 0.05) is 0 Å². The summed E-state index contributed by atoms with van der Waals surface area (Å²) >= 11 is 0. The van der Waals surface area contributed by atoms with Crippen molar-refractivity contribution >= 4 is 5.97 Å². The highest BCUT2D eigenvalue weighted by Gasteiger charge is 2.32. The smallest absolute Gasteiger partial charge is 0.423 e. The van der Waals surface area contributed by atoms with Gasteiger partial charge in [-0.15, -0.1) is 13.2 Å². The van der Waals surface area contributed by atoms with Gasteiger partial charge in [-0.1, -0.05) is 55.5 Å². The lowest BCUT2D eigenvalue weighted by Gasteiger charge is -2.15. The van der Waals surface area contributed by atoms with Gasteiger partial charge in [-0.25, -0.2) is 4.79 Å². The molecule has 0 amide bonds. The van der Waals surface area contributed by atoms with Gasteiger partial charge in [0.05, 0.1) is 11.7 Å². The summed E-state index contributed by atoms with van der Waals surface area (Å²) in [7, 11) is 0. The zero-order valence-electron chi connectivity index (χ0n) is 16.6. The van der Waals surface area contributed by atoms with E-state index in [1.54, 1.807) is 12.1 Å². The van der Waals surface area contributed by atoms with E-state index in [9.17, 15) is 18.0 Å². The number of rotatable bonds is 6. The van der Waals surface area contributed by atoms with Crippen molar-refractivity contribution in [3.63, 3.8) is 0 Å². The van der Waals surface area contributed by atoms with Crippen LogP contribution in [0, 0.1) is 0 Å². The van der Waals surface area contributed by atoms with Crippen LogP contribution in [0.3, 0.4) is 0 Å². The molecular weight excluding hydrogens is 393 g/mol. The Morgan fingerprint density at radius 2 is 1.40 bits per heavy atom. The van der Waals surface area contributed by atoms with Crippen LogP contribution in [0.15, 0.2) is 72.8 Å². The minimum Gasteiger partial charge on any atom is -0.423 e. The number of carbonyl (C=O) groups is 1. The van der Waals surface area contributed by atoms with E-state index < -0.39 is 18.4 Å². The lowest BCUT2D eigenvalue weighted by Crippen LogP contribution is -2.16. The SMILES string of the molecule is CCc1ccc(-c2ccc(C(=O)Oc3ccc(C(C)OC(F)(F)F)cc3)cc2)cc1. The molecule has 0 radical (unpaired) electrons. The summed E-state index contributed by atoms with van der Waals surface area (Å²) in [6.07, 6.45) is -4.90. The van der Waals surface area contributed by atoms with Crippen LogP contribution < -0.4 is 4.74 Å². The largest absolute Gasteiger partial charge is 0.523 e. The van der Waals surface area contributed by atoms with Crippen LogP contribution in [0.1, 0.15) is 41.4 Å². The second-order valence-electron chi connectivity index (χ2n) is 6.79. The third-order valence-electron chi connectivity index (χ3n) is 4.69. The van der Waals surface area contributed by atoms with Gasteiger partial charge in [-0.2, -0.15) is 0 Å². The molecule has 6 heteroatoms. The van der Waals surface area contributed by atoms with Crippen LogP contribution in [0.2, 0.25) is 0 Å². The first-order valence-electron chi connectivity index (χ1n) is 9.51. The van der Waals surface area contributed by atoms with Gasteiger partial charge in [0.2, 0.25) is 0 Å². The Morgan fingerprint density at radius 3 is 1.90 bits per heavy atom. The fraction of sp³-hybridized carbons (Fsp3) is 0.208. The van der Waals surface area contributed by atoms with Gasteiger partial charge >= 0.3 is 12.3 Å². The topological polar surface area (TPSA) is 35.5 Å². The fourth-order valence-corrected chi connectivity index (χ4v) is 2.97. The minimum absolute atomic E-state index is 0.238. The van der Waals surface area contributed by atoms with Crippen LogP contribution >= 0.6 is 0 Å². The van der Waals surface area contributed by atoms with Gasteiger partial charge in [0.25, 0.3) is 0 Å². The average Bonchev–Trinajstić information content (AvgIpc) is 2.73. The quantitative estimate of drug-likeness (QED) is 0.331. The molecule has 0 heterocycles. The number of hydrogen-bond acceptors (Lipinski definition) is 3. The Balaban J connectivity index is 1.64. The van der Waals surface area contributed by atoms with Crippen molar-refractivity contribution in [2.75, 3.05) is 0 Å². The van der Waals surface area contributed by atoms with Gasteiger partial charge in [-0.05, 0) is 59.9 Å². The van der Waals surface area contributed by atoms with Gasteiger partial charge in [0.1, 0.15) is 5.75 Å². The van der Waals surface area contributed by atoms with Crippen molar-refractivity contribution in [3.05, 3.63) is 89.5 Å². The predicted molar refractivity (Wildman–Crippen MR) is 108 cm³/mol. The number of carbonyl (C=O) groups excluding carboxylic acids is 1. The van der Waals surface area contributed by atoms with E-state index in [4.69, 9.17) is 4.74 Å². The van der Waals surface area contributed by atoms with E-state index in [1.165, 1.54) is 36.8 Å². The van der Waals surface area contributed by atoms with Crippen LogP contribution in [0.4, 0.5) is 13.2 Å². The molecule has 0 saturated heterocycles. The summed E-state index contributed by atoms with van der Waals surface area (Å²) in [6.45, 7) is 3.39. The number of aryl methyl sites for hydroxylation is 1. The Hall–Kier alpha value is -3.12. The molecule has 3 rings (SSSR count). The second kappa shape index (κ2) is 9.13. The molecule has 1 unspecified atom stereocenters. The molecule has 0 aromatic heterocycles. The molecule has 156 valence electrons. The molecule has 0 spiro atoms. The van der Waals surface area contributed by atoms with Crippen LogP contribution in [0.5, 0.6) is 5.75 Å². The van der Waals surface area contributed by atoms with Gasteiger partial charge < -0.3 is 4.74 Å². The molecule has 0 aliphatic heterocycles. The number of alkyl halides is 3. The first-order valence-corrected chi connectivity index (χ1v) is 9.51. The molecule has 0 bridgehead atoms. The monoisotopic (exact) mass is 414 g/mol. The molecule has 0 fully saturated rings. The summed E-state index contributed by atoms with van der Waals surface area (Å²) in [5.74, 6) is -0.308. The maximum Gasteiger partial charge on any atom is 0.523 e. The number of halogens is 3. The second-order valence-corrected chi connectivity index (χ2v) is 6.79. The normalized spacial score (nSPS) is 12.4. The number of hydrogen-bond donors (Lipinski definition) is 0. The molecule has 3 nitrogen and oxygen atoms in total. The summed E-state index contributed by atoms with van der Waals surface area (Å²) in [5, 5.41) is 0. The van der Waals surface area contributed by atoms with Crippen molar-refractivity contribution < 1.29 is 27.4 Å². The van der Waals surface area contributed by atoms with E-state index in [-0.39, 0.29) is 5.75 Å². The van der Waals surface area contributed by atoms with E-state index in [0.29, 0.717) is 11.1 Å². The molecule has 3 aromatic rings. The van der Waals surface area contributed by atoms with Crippen molar-refractivity contribution in [2.24, 2.45) is 0 Å². The lowest BCUT2D eigenvalue weighted by atomic mass is 10.0. The molecule has 1 atom stereocenters.